The van der Waals surface area contributed by atoms with Gasteiger partial charge >= 0.3 is 6.09 Å². The van der Waals surface area contributed by atoms with Crippen molar-refractivity contribution in [1.29, 1.82) is 0 Å². The number of methoxy groups -OCH3 is 2. The molecule has 1 aliphatic heterocycles. The molecular weight excluding hydrogens is 775 g/mol. The number of nitrogens with zero attached hydrogens (tertiary/aromatic N) is 4. The van der Waals surface area contributed by atoms with E-state index in [1.165, 1.54) is 0 Å². The predicted octanol–water partition coefficient (Wildman–Crippen LogP) is 6.74. The highest BCUT2D eigenvalue weighted by Crippen LogP contribution is 2.34. The first-order chi connectivity index (χ1) is 28.8. The third-order valence-electron chi connectivity index (χ3n) is 13.0. The molecule has 1 N–H and O–H groups in total. The Morgan fingerprint density at radius 2 is 1.48 bits per heavy atom. The molecule has 1 heterocycles. The molecule has 0 bridgehead atoms. The summed E-state index contributed by atoms with van der Waals surface area (Å²) in [6.45, 7) is 17.8. The Morgan fingerprint density at radius 3 is 2.00 bits per heavy atom. The Labute approximate surface area is 368 Å². The molecule has 13 nitrogen and oxygen atoms in total. The fourth-order valence-electron chi connectivity index (χ4n) is 9.35. The number of carbonyl (C=O) groups excluding carboxylic acids is 5. The number of rotatable bonds is 27. The number of amides is 3. The first kappa shape index (κ1) is 53.7. The number of ketones is 2. The standard InChI is InChI=1S/C48H83N5O8/c1-16-33(6)44(52(13)47(57)37(31(2)3)29-40(55)43(32(4)5)50(10)11)41(59-14)30-42(56)53-27-20-24-38(53)46(60-15)35(8)39(54)28-34(7)45(36-22-18-17-19-23-36)61-48(58)51(12)26-21-25-49-9/h17-19,22-23,31-35,37-38,41,43-46,49H,16,20-21,24-30H2,1-15H3/t33-,34-,35-,37-,38-,41?,43-,44-,45+,46+/m0/s1. The zero-order valence-corrected chi connectivity index (χ0v) is 40.4. The summed E-state index contributed by atoms with van der Waals surface area (Å²) in [4.78, 5) is 76.8. The van der Waals surface area contributed by atoms with Crippen molar-refractivity contribution in [3.05, 3.63) is 35.9 Å². The molecule has 10 atom stereocenters. The number of hydrogen-bond acceptors (Lipinski definition) is 10. The lowest BCUT2D eigenvalue weighted by Gasteiger charge is -2.41. The molecule has 1 aromatic rings. The largest absolute Gasteiger partial charge is 0.441 e. The molecule has 1 fully saturated rings. The van der Waals surface area contributed by atoms with Crippen LogP contribution in [-0.2, 0) is 33.4 Å². The zero-order valence-electron chi connectivity index (χ0n) is 40.4. The number of hydrogen-bond donors (Lipinski definition) is 1. The molecule has 0 aromatic heterocycles. The molecule has 3 amide bonds. The van der Waals surface area contributed by atoms with Crippen LogP contribution in [0.4, 0.5) is 4.79 Å². The summed E-state index contributed by atoms with van der Waals surface area (Å²) >= 11 is 0. The number of likely N-dealkylation sites (N-methyl/N-ethyl adjacent to an activating group) is 2. The third-order valence-corrected chi connectivity index (χ3v) is 13.0. The van der Waals surface area contributed by atoms with Gasteiger partial charge in [-0.2, -0.15) is 0 Å². The molecule has 0 aliphatic carbocycles. The van der Waals surface area contributed by atoms with Crippen LogP contribution < -0.4 is 5.32 Å². The maximum atomic E-state index is 14.4. The van der Waals surface area contributed by atoms with Gasteiger partial charge in [-0.1, -0.05) is 92.1 Å². The maximum absolute atomic E-state index is 14.4. The van der Waals surface area contributed by atoms with Crippen LogP contribution in [0.5, 0.6) is 0 Å². The van der Waals surface area contributed by atoms with E-state index in [2.05, 4.69) is 19.2 Å². The van der Waals surface area contributed by atoms with Gasteiger partial charge in [-0.3, -0.25) is 24.1 Å². The van der Waals surface area contributed by atoms with Crippen LogP contribution in [0.3, 0.4) is 0 Å². The smallest absolute Gasteiger partial charge is 0.410 e. The Balaban J connectivity index is 2.29. The molecule has 1 saturated heterocycles. The number of Topliss-reactive ketones (excluding diaryl/α,β-unsaturated/α-hetero) is 2. The second-order valence-electron chi connectivity index (χ2n) is 18.5. The van der Waals surface area contributed by atoms with Crippen molar-refractivity contribution in [3.8, 4) is 0 Å². The number of ether oxygens (including phenoxy) is 3. The molecule has 1 unspecified atom stereocenters. The van der Waals surface area contributed by atoms with Crippen LogP contribution in [-0.4, -0.2) is 148 Å². The Bertz CT molecular complexity index is 1500. The highest BCUT2D eigenvalue weighted by atomic mass is 16.6. The van der Waals surface area contributed by atoms with Crippen LogP contribution in [0.15, 0.2) is 30.3 Å². The van der Waals surface area contributed by atoms with Crippen LogP contribution in [0.1, 0.15) is 112 Å². The van der Waals surface area contributed by atoms with E-state index in [1.807, 2.05) is 103 Å². The molecule has 13 heteroatoms. The Morgan fingerprint density at radius 1 is 0.836 bits per heavy atom. The van der Waals surface area contributed by atoms with Crippen molar-refractivity contribution in [2.24, 2.45) is 35.5 Å². The van der Waals surface area contributed by atoms with Crippen molar-refractivity contribution in [2.75, 3.05) is 69.1 Å². The van der Waals surface area contributed by atoms with E-state index in [9.17, 15) is 24.0 Å². The van der Waals surface area contributed by atoms with Gasteiger partial charge in [0.2, 0.25) is 11.8 Å². The van der Waals surface area contributed by atoms with Crippen LogP contribution in [0, 0.1) is 35.5 Å². The van der Waals surface area contributed by atoms with E-state index in [4.69, 9.17) is 14.2 Å². The first-order valence-corrected chi connectivity index (χ1v) is 22.7. The van der Waals surface area contributed by atoms with Crippen molar-refractivity contribution in [1.82, 2.24) is 24.9 Å². The van der Waals surface area contributed by atoms with Gasteiger partial charge in [0.15, 0.2) is 5.78 Å². The molecule has 2 rings (SSSR count). The van der Waals surface area contributed by atoms with Crippen molar-refractivity contribution in [2.45, 2.75) is 137 Å². The second kappa shape index (κ2) is 26.3. The molecule has 0 radical (unpaired) electrons. The minimum atomic E-state index is -0.636. The summed E-state index contributed by atoms with van der Waals surface area (Å²) in [5.41, 5.74) is 0.816. The fourth-order valence-corrected chi connectivity index (χ4v) is 9.35. The quantitative estimate of drug-likeness (QED) is 0.0948. The van der Waals surface area contributed by atoms with E-state index >= 15 is 0 Å². The molecule has 0 spiro atoms. The minimum absolute atomic E-state index is 0.00104. The lowest BCUT2D eigenvalue weighted by Crippen LogP contribution is -2.54. The van der Waals surface area contributed by atoms with E-state index in [0.29, 0.717) is 19.5 Å². The van der Waals surface area contributed by atoms with E-state index in [1.54, 1.807) is 38.1 Å². The van der Waals surface area contributed by atoms with Gasteiger partial charge in [0, 0.05) is 72.0 Å². The molecule has 0 saturated carbocycles. The summed E-state index contributed by atoms with van der Waals surface area (Å²) in [5.74, 6) is -1.59. The van der Waals surface area contributed by atoms with Crippen LogP contribution in [0.25, 0.3) is 0 Å². The van der Waals surface area contributed by atoms with E-state index in [0.717, 1.165) is 31.4 Å². The molecular formula is C48H83N5O8. The molecule has 61 heavy (non-hydrogen) atoms. The van der Waals surface area contributed by atoms with Gasteiger partial charge in [-0.05, 0) is 70.3 Å². The van der Waals surface area contributed by atoms with Gasteiger partial charge in [-0.25, -0.2) is 4.79 Å². The Hall–Kier alpha value is -3.39. The third kappa shape index (κ3) is 15.1. The maximum Gasteiger partial charge on any atom is 0.410 e. The predicted molar refractivity (Wildman–Crippen MR) is 242 cm³/mol. The van der Waals surface area contributed by atoms with E-state index < -0.39 is 42.3 Å². The summed E-state index contributed by atoms with van der Waals surface area (Å²) in [6, 6.07) is 8.47. The topological polar surface area (TPSA) is 138 Å². The number of likely N-dealkylation sites (tertiary alicyclic amines) is 1. The van der Waals surface area contributed by atoms with Gasteiger partial charge in [0.05, 0.1) is 36.8 Å². The van der Waals surface area contributed by atoms with Crippen LogP contribution in [0.2, 0.25) is 0 Å². The number of carbonyl (C=O) groups is 5. The zero-order chi connectivity index (χ0) is 46.1. The number of nitrogens with one attached hydrogen (secondary N) is 1. The summed E-state index contributed by atoms with van der Waals surface area (Å²) < 4.78 is 18.2. The summed E-state index contributed by atoms with van der Waals surface area (Å²) in [6.07, 6.45) is 1.08. The Kier molecular flexibility index (Phi) is 23.2. The fraction of sp³-hybridized carbons (Fsp3) is 0.771. The van der Waals surface area contributed by atoms with Crippen LogP contribution >= 0.6 is 0 Å². The van der Waals surface area contributed by atoms with Crippen molar-refractivity contribution < 1.29 is 38.2 Å². The van der Waals surface area contributed by atoms with Crippen molar-refractivity contribution >= 4 is 29.5 Å². The highest BCUT2D eigenvalue weighted by molar-refractivity contribution is 5.90. The lowest BCUT2D eigenvalue weighted by atomic mass is 9.83. The lowest BCUT2D eigenvalue weighted by molar-refractivity contribution is -0.149. The summed E-state index contributed by atoms with van der Waals surface area (Å²) in [7, 11) is 12.3. The highest BCUT2D eigenvalue weighted by Gasteiger charge is 2.43. The van der Waals surface area contributed by atoms with Gasteiger partial charge in [0.25, 0.3) is 0 Å². The minimum Gasteiger partial charge on any atom is -0.441 e. The normalized spacial score (nSPS) is 18.9. The molecule has 348 valence electrons. The van der Waals surface area contributed by atoms with Crippen molar-refractivity contribution in [3.63, 3.8) is 0 Å². The summed E-state index contributed by atoms with van der Waals surface area (Å²) in [5, 5.41) is 3.09. The first-order valence-electron chi connectivity index (χ1n) is 22.7. The average molecular weight is 858 g/mol. The number of benzene rings is 1. The SMILES string of the molecule is CC[C@H](C)[C@@H](C(CC(=O)N1CCC[C@H]1[C@H](OC)[C@@H](C)C(=O)C[C@H](C)[C@@H](OC(=O)N(C)CCCNC)c1ccccc1)OC)N(C)C(=O)[C@@H](CC(=O)[C@H](C(C)C)N(C)C)C(C)C. The van der Waals surface area contributed by atoms with Gasteiger partial charge in [0.1, 0.15) is 11.9 Å². The molecule has 1 aliphatic rings. The van der Waals surface area contributed by atoms with Gasteiger partial charge in [-0.15, -0.1) is 0 Å². The average Bonchev–Trinajstić information content (AvgIpc) is 3.70. The monoisotopic (exact) mass is 858 g/mol. The second-order valence-corrected chi connectivity index (χ2v) is 18.5. The molecule has 1 aromatic carbocycles. The van der Waals surface area contributed by atoms with Gasteiger partial charge < -0.3 is 34.2 Å². The van der Waals surface area contributed by atoms with E-state index in [-0.39, 0.29) is 78.4 Å².